The van der Waals surface area contributed by atoms with Gasteiger partial charge in [0, 0.05) is 11.6 Å². The number of hydrogen-bond donors (Lipinski definition) is 2. The molecule has 0 fully saturated rings. The van der Waals surface area contributed by atoms with Crippen LogP contribution in [0, 0.1) is 0 Å². The van der Waals surface area contributed by atoms with Gasteiger partial charge in [0.2, 0.25) is 0 Å². The maximum absolute atomic E-state index is 11.2. The van der Waals surface area contributed by atoms with Crippen LogP contribution in [0.5, 0.6) is 0 Å². The third-order valence-corrected chi connectivity index (χ3v) is 2.97. The highest BCUT2D eigenvalue weighted by atomic mass is 79.9. The van der Waals surface area contributed by atoms with Gasteiger partial charge in [-0.25, -0.2) is 0 Å². The quantitative estimate of drug-likeness (QED) is 0.843. The molecular formula is C12H15BrO4. The lowest BCUT2D eigenvalue weighted by Gasteiger charge is -2.16. The number of halogens is 1. The summed E-state index contributed by atoms with van der Waals surface area (Å²) >= 11 is 3.29. The Morgan fingerprint density at radius 1 is 1.41 bits per heavy atom. The number of carbonyl (C=O) groups is 1. The lowest BCUT2D eigenvalue weighted by molar-refractivity contribution is -0.139. The Labute approximate surface area is 108 Å². The van der Waals surface area contributed by atoms with Crippen molar-refractivity contribution in [3.63, 3.8) is 0 Å². The van der Waals surface area contributed by atoms with E-state index in [2.05, 4.69) is 15.9 Å². The topological polar surface area (TPSA) is 66.8 Å². The summed E-state index contributed by atoms with van der Waals surface area (Å²) in [5.74, 6) is -1.66. The fraction of sp³-hybridized carbons (Fsp3) is 0.417. The highest BCUT2D eigenvalue weighted by Crippen LogP contribution is 2.23. The molecule has 0 saturated heterocycles. The molecule has 0 saturated carbocycles. The molecule has 0 aliphatic heterocycles. The van der Waals surface area contributed by atoms with Crippen molar-refractivity contribution in [3.05, 3.63) is 34.3 Å². The van der Waals surface area contributed by atoms with Crippen LogP contribution in [0.3, 0.4) is 0 Å². The summed E-state index contributed by atoms with van der Waals surface area (Å²) in [6, 6.07) is 7.05. The summed E-state index contributed by atoms with van der Waals surface area (Å²) in [5, 5.41) is 18.7. The molecule has 4 nitrogen and oxygen atoms in total. The zero-order valence-electron chi connectivity index (χ0n) is 9.47. The van der Waals surface area contributed by atoms with Gasteiger partial charge in [-0.05, 0) is 24.1 Å². The van der Waals surface area contributed by atoms with Crippen molar-refractivity contribution in [1.29, 1.82) is 0 Å². The van der Waals surface area contributed by atoms with Gasteiger partial charge in [-0.15, -0.1) is 0 Å². The minimum atomic E-state index is -0.942. The van der Waals surface area contributed by atoms with Crippen LogP contribution in [0.25, 0.3) is 0 Å². The summed E-state index contributed by atoms with van der Waals surface area (Å²) < 4.78 is 5.68. The zero-order chi connectivity index (χ0) is 12.8. The molecule has 2 N–H and O–H groups in total. The number of methoxy groups -OCH3 is 1. The third-order valence-electron chi connectivity index (χ3n) is 2.44. The van der Waals surface area contributed by atoms with Crippen LogP contribution in [-0.2, 0) is 9.53 Å². The van der Waals surface area contributed by atoms with Crippen molar-refractivity contribution >= 4 is 21.9 Å². The predicted octanol–water partition coefficient (Wildman–Crippen LogP) is 2.01. The number of aliphatic carboxylic acids is 1. The molecule has 17 heavy (non-hydrogen) atoms. The van der Waals surface area contributed by atoms with Gasteiger partial charge in [0.15, 0.2) is 0 Å². The van der Waals surface area contributed by atoms with E-state index < -0.39 is 18.0 Å². The molecule has 0 heterocycles. The average Bonchev–Trinajstić information content (AvgIpc) is 2.27. The molecule has 0 spiro atoms. The van der Waals surface area contributed by atoms with Crippen LogP contribution in [0.2, 0.25) is 0 Å². The number of aliphatic hydroxyl groups excluding tert-OH is 1. The van der Waals surface area contributed by atoms with Gasteiger partial charge in [0.25, 0.3) is 0 Å². The summed E-state index contributed by atoms with van der Waals surface area (Å²) in [7, 11) is 1.47. The minimum absolute atomic E-state index is 0.139. The van der Waals surface area contributed by atoms with Crippen molar-refractivity contribution < 1.29 is 19.7 Å². The van der Waals surface area contributed by atoms with E-state index in [1.165, 1.54) is 7.11 Å². The Morgan fingerprint density at radius 2 is 2.00 bits per heavy atom. The number of hydrogen-bond acceptors (Lipinski definition) is 3. The first-order chi connectivity index (χ1) is 8.04. The van der Waals surface area contributed by atoms with Crippen molar-refractivity contribution in [2.75, 3.05) is 13.7 Å². The van der Waals surface area contributed by atoms with E-state index in [1.54, 1.807) is 24.3 Å². The first-order valence-corrected chi connectivity index (χ1v) is 5.99. The molecule has 5 heteroatoms. The van der Waals surface area contributed by atoms with E-state index in [1.807, 2.05) is 0 Å². The highest BCUT2D eigenvalue weighted by Gasteiger charge is 2.23. The molecule has 2 unspecified atom stereocenters. The minimum Gasteiger partial charge on any atom is -0.481 e. The van der Waals surface area contributed by atoms with Crippen LogP contribution >= 0.6 is 15.9 Å². The first-order valence-electron chi connectivity index (χ1n) is 5.20. The summed E-state index contributed by atoms with van der Waals surface area (Å²) in [4.78, 5) is 11.2. The molecular weight excluding hydrogens is 288 g/mol. The highest BCUT2D eigenvalue weighted by molar-refractivity contribution is 9.10. The summed E-state index contributed by atoms with van der Waals surface area (Å²) in [5.41, 5.74) is 0.677. The normalized spacial score (nSPS) is 14.3. The molecule has 0 aliphatic rings. The van der Waals surface area contributed by atoms with E-state index >= 15 is 0 Å². The molecule has 0 aromatic heterocycles. The Kier molecular flexibility index (Phi) is 5.61. The number of carboxylic acid groups (broad SMARTS) is 1. The molecule has 1 aromatic carbocycles. The standard InChI is InChI=1S/C12H15BrO4/c1-17-7-10(14)6-11(12(15)16)8-2-4-9(13)5-3-8/h2-5,10-11,14H,6-7H2,1H3,(H,15,16). The van der Waals surface area contributed by atoms with Crippen molar-refractivity contribution in [3.8, 4) is 0 Å². The van der Waals surface area contributed by atoms with Gasteiger partial charge in [0.1, 0.15) is 0 Å². The number of rotatable bonds is 6. The molecule has 0 radical (unpaired) electrons. The second kappa shape index (κ2) is 6.74. The molecule has 0 aliphatic carbocycles. The van der Waals surface area contributed by atoms with E-state index in [-0.39, 0.29) is 13.0 Å². The van der Waals surface area contributed by atoms with Gasteiger partial charge in [0.05, 0.1) is 18.6 Å². The fourth-order valence-electron chi connectivity index (χ4n) is 1.61. The molecule has 1 rings (SSSR count). The van der Waals surface area contributed by atoms with Gasteiger partial charge >= 0.3 is 5.97 Å². The zero-order valence-corrected chi connectivity index (χ0v) is 11.1. The number of carboxylic acids is 1. The molecule has 94 valence electrons. The SMILES string of the molecule is COCC(O)CC(C(=O)O)c1ccc(Br)cc1. The smallest absolute Gasteiger partial charge is 0.311 e. The van der Waals surface area contributed by atoms with Gasteiger partial charge in [-0.3, -0.25) is 4.79 Å². The van der Waals surface area contributed by atoms with Crippen LogP contribution in [0.15, 0.2) is 28.7 Å². The Morgan fingerprint density at radius 3 is 2.47 bits per heavy atom. The van der Waals surface area contributed by atoms with Gasteiger partial charge in [-0.1, -0.05) is 28.1 Å². The third kappa shape index (κ3) is 4.46. The van der Waals surface area contributed by atoms with Crippen LogP contribution in [0.4, 0.5) is 0 Å². The Balaban J connectivity index is 2.79. The largest absolute Gasteiger partial charge is 0.481 e. The van der Waals surface area contributed by atoms with Crippen molar-refractivity contribution in [2.45, 2.75) is 18.4 Å². The lowest BCUT2D eigenvalue weighted by atomic mass is 9.93. The lowest BCUT2D eigenvalue weighted by Crippen LogP contribution is -2.22. The van der Waals surface area contributed by atoms with Crippen molar-refractivity contribution in [1.82, 2.24) is 0 Å². The van der Waals surface area contributed by atoms with E-state index in [0.717, 1.165) is 4.47 Å². The monoisotopic (exact) mass is 302 g/mol. The molecule has 0 amide bonds. The average molecular weight is 303 g/mol. The van der Waals surface area contributed by atoms with Gasteiger partial charge < -0.3 is 14.9 Å². The van der Waals surface area contributed by atoms with Crippen LogP contribution in [-0.4, -0.2) is 36.0 Å². The second-order valence-corrected chi connectivity index (χ2v) is 4.70. The number of benzene rings is 1. The maximum atomic E-state index is 11.2. The molecule has 0 bridgehead atoms. The Hall–Kier alpha value is -0.910. The number of ether oxygens (including phenoxy) is 1. The van der Waals surface area contributed by atoms with Gasteiger partial charge in [-0.2, -0.15) is 0 Å². The summed E-state index contributed by atoms with van der Waals surface area (Å²) in [6.45, 7) is 0.139. The predicted molar refractivity (Wildman–Crippen MR) is 67.0 cm³/mol. The van der Waals surface area contributed by atoms with Crippen LogP contribution in [0.1, 0.15) is 17.9 Å². The maximum Gasteiger partial charge on any atom is 0.311 e. The summed E-state index contributed by atoms with van der Waals surface area (Å²) in [6.07, 6.45) is -0.630. The Bertz CT molecular complexity index is 363. The molecule has 2 atom stereocenters. The number of aliphatic hydroxyl groups is 1. The van der Waals surface area contributed by atoms with E-state index in [9.17, 15) is 9.90 Å². The fourth-order valence-corrected chi connectivity index (χ4v) is 1.87. The molecule has 1 aromatic rings. The van der Waals surface area contributed by atoms with E-state index in [4.69, 9.17) is 9.84 Å². The second-order valence-electron chi connectivity index (χ2n) is 3.79. The first kappa shape index (κ1) is 14.2. The van der Waals surface area contributed by atoms with Crippen molar-refractivity contribution in [2.24, 2.45) is 0 Å². The van der Waals surface area contributed by atoms with Crippen LogP contribution < -0.4 is 0 Å². The van der Waals surface area contributed by atoms with E-state index in [0.29, 0.717) is 5.56 Å².